The Morgan fingerprint density at radius 1 is 1.31 bits per heavy atom. The van der Waals surface area contributed by atoms with Crippen LogP contribution in [0.3, 0.4) is 0 Å². The van der Waals surface area contributed by atoms with E-state index in [-0.39, 0.29) is 17.3 Å². The normalized spacial score (nSPS) is 15.0. The standard InChI is InChI=1S/C16H19N3O5S2/c1-23-12-2-4-13(5-3-12)26(21,22)17-10-15-18-14(11-25-15)16(20)19-6-8-24-9-7-19/h2-5,11,17H,6-10H2,1H3. The number of carbonyl (C=O) groups is 1. The molecule has 1 fully saturated rings. The summed E-state index contributed by atoms with van der Waals surface area (Å²) in [5.41, 5.74) is 0.329. The predicted octanol–water partition coefficient (Wildman–Crippen LogP) is 1.10. The molecule has 0 saturated carbocycles. The third-order valence-corrected chi connectivity index (χ3v) is 6.12. The van der Waals surface area contributed by atoms with Crippen LogP contribution < -0.4 is 9.46 Å². The Morgan fingerprint density at radius 3 is 2.65 bits per heavy atom. The fraction of sp³-hybridized carbons (Fsp3) is 0.375. The van der Waals surface area contributed by atoms with Gasteiger partial charge in [0.05, 0.1) is 31.8 Å². The zero-order valence-corrected chi connectivity index (χ0v) is 15.8. The molecule has 0 spiro atoms. The molecule has 0 unspecified atom stereocenters. The minimum atomic E-state index is -3.67. The zero-order valence-electron chi connectivity index (χ0n) is 14.2. The van der Waals surface area contributed by atoms with E-state index in [1.54, 1.807) is 22.4 Å². The highest BCUT2D eigenvalue weighted by Crippen LogP contribution is 2.17. The van der Waals surface area contributed by atoms with Gasteiger partial charge < -0.3 is 14.4 Å². The molecule has 1 saturated heterocycles. The molecule has 10 heteroatoms. The number of hydrogen-bond donors (Lipinski definition) is 1. The molecule has 1 amide bonds. The molecule has 3 rings (SSSR count). The highest BCUT2D eigenvalue weighted by atomic mass is 32.2. The predicted molar refractivity (Wildman–Crippen MR) is 95.9 cm³/mol. The fourth-order valence-electron chi connectivity index (χ4n) is 2.41. The Balaban J connectivity index is 1.62. The number of hydrogen-bond acceptors (Lipinski definition) is 7. The summed E-state index contributed by atoms with van der Waals surface area (Å²) < 4.78 is 37.4. The first kappa shape index (κ1) is 18.8. The quantitative estimate of drug-likeness (QED) is 0.784. The SMILES string of the molecule is COc1ccc(S(=O)(=O)NCc2nc(C(=O)N3CCOCC3)cs2)cc1. The van der Waals surface area contributed by atoms with E-state index in [0.29, 0.717) is 42.8 Å². The van der Waals surface area contributed by atoms with Crippen LogP contribution >= 0.6 is 11.3 Å². The van der Waals surface area contributed by atoms with Gasteiger partial charge in [-0.2, -0.15) is 0 Å². The molecule has 1 aromatic heterocycles. The van der Waals surface area contributed by atoms with E-state index in [4.69, 9.17) is 9.47 Å². The average molecular weight is 397 g/mol. The van der Waals surface area contributed by atoms with Crippen LogP contribution in [0.4, 0.5) is 0 Å². The lowest BCUT2D eigenvalue weighted by atomic mass is 10.3. The van der Waals surface area contributed by atoms with Crippen molar-refractivity contribution < 1.29 is 22.7 Å². The van der Waals surface area contributed by atoms with Crippen LogP contribution in [0.2, 0.25) is 0 Å². The molecule has 1 N–H and O–H groups in total. The van der Waals surface area contributed by atoms with Crippen molar-refractivity contribution in [3.63, 3.8) is 0 Å². The van der Waals surface area contributed by atoms with Crippen molar-refractivity contribution >= 4 is 27.3 Å². The van der Waals surface area contributed by atoms with Gasteiger partial charge in [-0.3, -0.25) is 4.79 Å². The molecule has 1 aromatic carbocycles. The number of ether oxygens (including phenoxy) is 2. The molecular formula is C16H19N3O5S2. The number of carbonyl (C=O) groups excluding carboxylic acids is 1. The van der Waals surface area contributed by atoms with Gasteiger partial charge in [0.25, 0.3) is 5.91 Å². The van der Waals surface area contributed by atoms with Crippen LogP contribution in [0.15, 0.2) is 34.5 Å². The second-order valence-corrected chi connectivity index (χ2v) is 8.24. The first-order valence-corrected chi connectivity index (χ1v) is 10.3. The second kappa shape index (κ2) is 8.12. The van der Waals surface area contributed by atoms with Gasteiger partial charge in [-0.25, -0.2) is 18.1 Å². The van der Waals surface area contributed by atoms with Crippen molar-refractivity contribution in [1.29, 1.82) is 0 Å². The van der Waals surface area contributed by atoms with E-state index < -0.39 is 10.0 Å². The van der Waals surface area contributed by atoms with Crippen molar-refractivity contribution in [2.45, 2.75) is 11.4 Å². The average Bonchev–Trinajstić information content (AvgIpc) is 3.16. The largest absolute Gasteiger partial charge is 0.497 e. The number of nitrogens with zero attached hydrogens (tertiary/aromatic N) is 2. The highest BCUT2D eigenvalue weighted by Gasteiger charge is 2.21. The van der Waals surface area contributed by atoms with Crippen LogP contribution in [0, 0.1) is 0 Å². The molecule has 140 valence electrons. The lowest BCUT2D eigenvalue weighted by molar-refractivity contribution is 0.0299. The van der Waals surface area contributed by atoms with Crippen LogP contribution in [-0.2, 0) is 21.3 Å². The van der Waals surface area contributed by atoms with Crippen molar-refractivity contribution in [2.75, 3.05) is 33.4 Å². The number of methoxy groups -OCH3 is 1. The molecule has 2 heterocycles. The Hall–Kier alpha value is -2.01. The summed E-state index contributed by atoms with van der Waals surface area (Å²) in [4.78, 5) is 18.4. The molecule has 8 nitrogen and oxygen atoms in total. The monoisotopic (exact) mass is 397 g/mol. The third-order valence-electron chi connectivity index (χ3n) is 3.85. The Labute approximate surface area is 155 Å². The van der Waals surface area contributed by atoms with Gasteiger partial charge >= 0.3 is 0 Å². The smallest absolute Gasteiger partial charge is 0.273 e. The number of amides is 1. The highest BCUT2D eigenvalue weighted by molar-refractivity contribution is 7.89. The van der Waals surface area contributed by atoms with Crippen LogP contribution in [-0.4, -0.2) is 57.6 Å². The second-order valence-electron chi connectivity index (χ2n) is 5.53. The van der Waals surface area contributed by atoms with Gasteiger partial charge in [0, 0.05) is 18.5 Å². The van der Waals surface area contributed by atoms with Crippen molar-refractivity contribution in [3.05, 3.63) is 40.3 Å². The molecule has 26 heavy (non-hydrogen) atoms. The van der Waals surface area contributed by atoms with Crippen molar-refractivity contribution in [3.8, 4) is 5.75 Å². The van der Waals surface area contributed by atoms with Gasteiger partial charge in [0.1, 0.15) is 16.5 Å². The number of morpholine rings is 1. The van der Waals surface area contributed by atoms with Crippen molar-refractivity contribution in [2.24, 2.45) is 0 Å². The lowest BCUT2D eigenvalue weighted by Gasteiger charge is -2.25. The van der Waals surface area contributed by atoms with Gasteiger partial charge in [-0.1, -0.05) is 0 Å². The first-order chi connectivity index (χ1) is 12.5. The van der Waals surface area contributed by atoms with E-state index in [1.165, 1.54) is 30.6 Å². The van der Waals surface area contributed by atoms with E-state index in [1.807, 2.05) is 0 Å². The minimum absolute atomic E-state index is 0.0232. The van der Waals surface area contributed by atoms with Gasteiger partial charge in [0.15, 0.2) is 0 Å². The Bertz CT molecular complexity index is 858. The summed E-state index contributed by atoms with van der Waals surface area (Å²) in [5.74, 6) is 0.420. The maximum atomic E-state index is 12.4. The molecule has 0 aliphatic carbocycles. The van der Waals surface area contributed by atoms with Crippen LogP contribution in [0.5, 0.6) is 5.75 Å². The zero-order chi connectivity index (χ0) is 18.6. The summed E-state index contributed by atoms with van der Waals surface area (Å²) in [6.45, 7) is 2.13. The van der Waals surface area contributed by atoms with Crippen molar-refractivity contribution in [1.82, 2.24) is 14.6 Å². The topological polar surface area (TPSA) is 97.8 Å². The summed E-state index contributed by atoms with van der Waals surface area (Å²) >= 11 is 1.25. The first-order valence-electron chi connectivity index (χ1n) is 7.95. The molecule has 2 aromatic rings. The maximum Gasteiger partial charge on any atom is 0.273 e. The number of benzene rings is 1. The van der Waals surface area contributed by atoms with E-state index >= 15 is 0 Å². The third kappa shape index (κ3) is 4.39. The van der Waals surface area contributed by atoms with Gasteiger partial charge in [0.2, 0.25) is 10.0 Å². The molecule has 0 radical (unpaired) electrons. The summed E-state index contributed by atoms with van der Waals surface area (Å²) in [6, 6.07) is 6.10. The summed E-state index contributed by atoms with van der Waals surface area (Å²) in [7, 11) is -2.15. The van der Waals surface area contributed by atoms with E-state index in [2.05, 4.69) is 9.71 Å². The summed E-state index contributed by atoms with van der Waals surface area (Å²) in [5, 5.41) is 2.17. The number of rotatable bonds is 6. The van der Waals surface area contributed by atoms with Gasteiger partial charge in [-0.15, -0.1) is 11.3 Å². The molecule has 0 bridgehead atoms. The molecular weight excluding hydrogens is 378 g/mol. The molecule has 1 aliphatic heterocycles. The number of aromatic nitrogens is 1. The number of thiazole rings is 1. The van der Waals surface area contributed by atoms with Crippen LogP contribution in [0.25, 0.3) is 0 Å². The fourth-order valence-corrected chi connectivity index (χ4v) is 4.20. The number of sulfonamides is 1. The lowest BCUT2D eigenvalue weighted by Crippen LogP contribution is -2.40. The number of nitrogens with one attached hydrogen (secondary N) is 1. The maximum absolute atomic E-state index is 12.4. The van der Waals surface area contributed by atoms with Crippen LogP contribution in [0.1, 0.15) is 15.5 Å². The molecule has 0 atom stereocenters. The Kier molecular flexibility index (Phi) is 5.87. The van der Waals surface area contributed by atoms with E-state index in [9.17, 15) is 13.2 Å². The minimum Gasteiger partial charge on any atom is -0.497 e. The summed E-state index contributed by atoms with van der Waals surface area (Å²) in [6.07, 6.45) is 0. The van der Waals surface area contributed by atoms with E-state index in [0.717, 1.165) is 0 Å². The molecule has 1 aliphatic rings. The Morgan fingerprint density at radius 2 is 2.00 bits per heavy atom. The van der Waals surface area contributed by atoms with Gasteiger partial charge in [-0.05, 0) is 24.3 Å².